The van der Waals surface area contributed by atoms with Gasteiger partial charge in [-0.2, -0.15) is 5.10 Å². The molecule has 3 rings (SSSR count). The van der Waals surface area contributed by atoms with Crippen LogP contribution in [0.4, 0.5) is 10.2 Å². The largest absolute Gasteiger partial charge is 0.394 e. The number of nitrogens with two attached hydrogens (primary N) is 1. The average molecular weight is 269 g/mol. The van der Waals surface area contributed by atoms with Gasteiger partial charge in [-0.05, 0) is 0 Å². The summed E-state index contributed by atoms with van der Waals surface area (Å²) in [5, 5.41) is 22.8. The molecule has 0 spiro atoms. The Bertz CT molecular complexity index is 620. The monoisotopic (exact) mass is 269 g/mol. The molecular formula is C10H12FN5O3. The van der Waals surface area contributed by atoms with Gasteiger partial charge in [-0.15, -0.1) is 0 Å². The molecule has 0 radical (unpaired) electrons. The number of nitrogens with zero attached hydrogens (tertiary/aromatic N) is 4. The Labute approximate surface area is 106 Å². The van der Waals surface area contributed by atoms with E-state index in [1.54, 1.807) is 0 Å². The highest BCUT2D eigenvalue weighted by molar-refractivity contribution is 5.59. The predicted octanol–water partition coefficient (Wildman–Crippen LogP) is -1.38. The molecule has 19 heavy (non-hydrogen) atoms. The number of aliphatic hydroxyl groups excluding tert-OH is 2. The zero-order chi connectivity index (χ0) is 13.6. The zero-order valence-corrected chi connectivity index (χ0v) is 9.77. The molecule has 1 saturated heterocycles. The molecule has 0 aliphatic carbocycles. The topological polar surface area (TPSA) is 119 Å². The van der Waals surface area contributed by atoms with E-state index in [4.69, 9.17) is 15.6 Å². The van der Waals surface area contributed by atoms with Crippen molar-refractivity contribution < 1.29 is 19.3 Å². The third-order valence-electron chi connectivity index (χ3n) is 3.27. The predicted molar refractivity (Wildman–Crippen MR) is 60.8 cm³/mol. The average Bonchev–Trinajstić information content (AvgIpc) is 2.95. The summed E-state index contributed by atoms with van der Waals surface area (Å²) >= 11 is 0. The summed E-state index contributed by atoms with van der Waals surface area (Å²) < 4.78 is 21.1. The number of aromatic nitrogens is 4. The molecule has 2 aromatic rings. The number of imidazole rings is 1. The highest BCUT2D eigenvalue weighted by Gasteiger charge is 2.53. The molecule has 9 heteroatoms. The van der Waals surface area contributed by atoms with Crippen molar-refractivity contribution in [2.24, 2.45) is 0 Å². The second kappa shape index (κ2) is 4.08. The summed E-state index contributed by atoms with van der Waals surface area (Å²) in [7, 11) is 0. The number of nitrogen functional groups attached to an aromatic ring is 1. The van der Waals surface area contributed by atoms with E-state index in [2.05, 4.69) is 15.1 Å². The Balaban J connectivity index is 2.12. The minimum atomic E-state index is -2.20. The molecule has 0 bridgehead atoms. The van der Waals surface area contributed by atoms with E-state index >= 15 is 0 Å². The van der Waals surface area contributed by atoms with Crippen LogP contribution in [0, 0.1) is 0 Å². The lowest BCUT2D eigenvalue weighted by Gasteiger charge is -2.22. The smallest absolute Gasteiger partial charge is 0.205 e. The molecule has 3 heterocycles. The Kier molecular flexibility index (Phi) is 2.62. The van der Waals surface area contributed by atoms with Gasteiger partial charge in [0.15, 0.2) is 11.5 Å². The highest BCUT2D eigenvalue weighted by Crippen LogP contribution is 2.38. The molecular weight excluding hydrogens is 257 g/mol. The van der Waals surface area contributed by atoms with Crippen molar-refractivity contribution >= 4 is 11.5 Å². The third kappa shape index (κ3) is 1.59. The summed E-state index contributed by atoms with van der Waals surface area (Å²) in [4.78, 5) is 7.68. The first-order chi connectivity index (χ1) is 9.08. The van der Waals surface area contributed by atoms with Crippen molar-refractivity contribution in [1.82, 2.24) is 19.6 Å². The van der Waals surface area contributed by atoms with Crippen LogP contribution in [-0.2, 0) is 10.4 Å². The normalized spacial score (nSPS) is 31.1. The summed E-state index contributed by atoms with van der Waals surface area (Å²) in [5.74, 6) is 0.108. The Morgan fingerprint density at radius 3 is 3.05 bits per heavy atom. The number of ether oxygens (including phenoxy) is 1. The summed E-state index contributed by atoms with van der Waals surface area (Å²) in [5.41, 5.74) is 3.62. The van der Waals surface area contributed by atoms with Gasteiger partial charge >= 0.3 is 0 Å². The standard InChI is InChI=1S/C10H12FN5O3/c11-10(3-19-5(2-17)7(10)18)6-1-13-9-8(12)14-4-15-16(6)9/h1,4-5,7,17-18H,2-3H2,(H2,12,14,15)/t5-,7-,10+/m1/s1. The molecule has 1 aliphatic rings. The van der Waals surface area contributed by atoms with E-state index in [-0.39, 0.29) is 17.2 Å². The summed E-state index contributed by atoms with van der Waals surface area (Å²) in [6, 6.07) is 0. The molecule has 1 aliphatic heterocycles. The summed E-state index contributed by atoms with van der Waals surface area (Å²) in [6.07, 6.45) is -0.0849. The van der Waals surface area contributed by atoms with Crippen LogP contribution in [0.2, 0.25) is 0 Å². The fraction of sp³-hybridized carbons (Fsp3) is 0.500. The van der Waals surface area contributed by atoms with Crippen molar-refractivity contribution in [1.29, 1.82) is 0 Å². The first-order valence-corrected chi connectivity index (χ1v) is 5.62. The van der Waals surface area contributed by atoms with Gasteiger partial charge in [0.25, 0.3) is 0 Å². The number of hydrogen-bond acceptors (Lipinski definition) is 7. The maximum atomic E-state index is 14.9. The van der Waals surface area contributed by atoms with Gasteiger partial charge in [-0.25, -0.2) is 18.9 Å². The second-order valence-corrected chi connectivity index (χ2v) is 4.36. The van der Waals surface area contributed by atoms with Gasteiger partial charge in [0.1, 0.15) is 24.2 Å². The fourth-order valence-corrected chi connectivity index (χ4v) is 2.20. The van der Waals surface area contributed by atoms with E-state index in [0.29, 0.717) is 0 Å². The number of alkyl halides is 1. The first-order valence-electron chi connectivity index (χ1n) is 5.62. The van der Waals surface area contributed by atoms with E-state index < -0.39 is 31.1 Å². The van der Waals surface area contributed by atoms with Gasteiger partial charge in [0, 0.05) is 0 Å². The van der Waals surface area contributed by atoms with Gasteiger partial charge in [-0.1, -0.05) is 0 Å². The van der Waals surface area contributed by atoms with E-state index in [9.17, 15) is 9.50 Å². The lowest BCUT2D eigenvalue weighted by Crippen LogP contribution is -2.39. The first kappa shape index (κ1) is 12.2. The van der Waals surface area contributed by atoms with E-state index in [1.807, 2.05) is 0 Å². The molecule has 0 unspecified atom stereocenters. The Morgan fingerprint density at radius 1 is 1.58 bits per heavy atom. The van der Waals surface area contributed by atoms with Gasteiger partial charge < -0.3 is 20.7 Å². The van der Waals surface area contributed by atoms with Crippen LogP contribution >= 0.6 is 0 Å². The highest BCUT2D eigenvalue weighted by atomic mass is 19.1. The Hall–Kier alpha value is -1.84. The van der Waals surface area contributed by atoms with Gasteiger partial charge in [0.05, 0.1) is 19.4 Å². The number of halogens is 1. The van der Waals surface area contributed by atoms with Crippen molar-refractivity contribution in [3.05, 3.63) is 18.2 Å². The fourth-order valence-electron chi connectivity index (χ4n) is 2.20. The van der Waals surface area contributed by atoms with Crippen molar-refractivity contribution in [3.8, 4) is 0 Å². The summed E-state index contributed by atoms with van der Waals surface area (Å²) in [6.45, 7) is -0.863. The molecule has 3 atom stereocenters. The number of hydrogen-bond donors (Lipinski definition) is 3. The molecule has 8 nitrogen and oxygen atoms in total. The third-order valence-corrected chi connectivity index (χ3v) is 3.27. The number of rotatable bonds is 2. The van der Waals surface area contributed by atoms with Crippen LogP contribution in [0.15, 0.2) is 12.5 Å². The van der Waals surface area contributed by atoms with Crippen LogP contribution in [0.3, 0.4) is 0 Å². The van der Waals surface area contributed by atoms with Crippen LogP contribution in [0.5, 0.6) is 0 Å². The maximum absolute atomic E-state index is 14.9. The van der Waals surface area contributed by atoms with Crippen LogP contribution in [0.25, 0.3) is 5.65 Å². The Morgan fingerprint density at radius 2 is 2.37 bits per heavy atom. The second-order valence-electron chi connectivity index (χ2n) is 4.36. The van der Waals surface area contributed by atoms with Gasteiger partial charge in [-0.3, -0.25) is 0 Å². The molecule has 102 valence electrons. The minimum Gasteiger partial charge on any atom is -0.394 e. The van der Waals surface area contributed by atoms with Crippen LogP contribution < -0.4 is 5.73 Å². The molecule has 4 N–H and O–H groups in total. The number of aliphatic hydroxyl groups is 2. The molecule has 0 saturated carbocycles. The number of fused-ring (bicyclic) bond motifs is 1. The maximum Gasteiger partial charge on any atom is 0.205 e. The lowest BCUT2D eigenvalue weighted by atomic mass is 9.95. The van der Waals surface area contributed by atoms with Crippen molar-refractivity contribution in [2.45, 2.75) is 17.9 Å². The quantitative estimate of drug-likeness (QED) is 0.615. The molecule has 0 amide bonds. The molecule has 2 aromatic heterocycles. The molecule has 1 fully saturated rings. The van der Waals surface area contributed by atoms with Crippen LogP contribution in [0.1, 0.15) is 5.69 Å². The van der Waals surface area contributed by atoms with Crippen molar-refractivity contribution in [3.63, 3.8) is 0 Å². The van der Waals surface area contributed by atoms with Crippen molar-refractivity contribution in [2.75, 3.05) is 18.9 Å². The SMILES string of the molecule is Nc1ncnn2c([C@@]3(F)CO[C@H](CO)[C@H]3O)cnc12. The molecule has 0 aromatic carbocycles. The van der Waals surface area contributed by atoms with E-state index in [0.717, 1.165) is 0 Å². The van der Waals surface area contributed by atoms with Crippen LogP contribution in [-0.4, -0.2) is 55.2 Å². The lowest BCUT2D eigenvalue weighted by molar-refractivity contribution is -0.0168. The zero-order valence-electron chi connectivity index (χ0n) is 9.77. The van der Waals surface area contributed by atoms with E-state index in [1.165, 1.54) is 17.0 Å². The number of anilines is 1. The van der Waals surface area contributed by atoms with Gasteiger partial charge in [0.2, 0.25) is 5.67 Å². The minimum absolute atomic E-state index is 0.0139.